The first-order valence-corrected chi connectivity index (χ1v) is 5.82. The van der Waals surface area contributed by atoms with Gasteiger partial charge in [-0.2, -0.15) is 0 Å². The third-order valence-corrected chi connectivity index (χ3v) is 3.03. The van der Waals surface area contributed by atoms with Crippen molar-refractivity contribution in [2.24, 2.45) is 0 Å². The lowest BCUT2D eigenvalue weighted by Gasteiger charge is -1.96. The monoisotopic (exact) mass is 230 g/mol. The number of hydrogen-bond donors (Lipinski definition) is 1. The molecule has 0 amide bonds. The minimum atomic E-state index is 0.789. The SMILES string of the molecule is Cc1cc(C)c2nc(-c3csnn3)[nH]c2c1. The normalized spacial score (nSPS) is 11.1. The molecule has 0 aliphatic heterocycles. The van der Waals surface area contributed by atoms with Crippen molar-refractivity contribution in [3.8, 4) is 11.5 Å². The lowest BCUT2D eigenvalue weighted by Crippen LogP contribution is -1.80. The molecular formula is C11H10N4S. The van der Waals surface area contributed by atoms with Crippen molar-refractivity contribution in [3.63, 3.8) is 0 Å². The molecule has 2 aromatic heterocycles. The average Bonchev–Trinajstić information content (AvgIpc) is 2.82. The maximum absolute atomic E-state index is 4.54. The van der Waals surface area contributed by atoms with E-state index >= 15 is 0 Å². The van der Waals surface area contributed by atoms with E-state index in [0.29, 0.717) is 0 Å². The molecule has 80 valence electrons. The van der Waals surface area contributed by atoms with Crippen LogP contribution in [0.1, 0.15) is 11.1 Å². The van der Waals surface area contributed by atoms with Gasteiger partial charge in [-0.1, -0.05) is 10.6 Å². The Labute approximate surface area is 96.5 Å². The first kappa shape index (κ1) is 9.47. The third-order valence-electron chi connectivity index (χ3n) is 2.52. The Morgan fingerprint density at radius 3 is 2.88 bits per heavy atom. The van der Waals surface area contributed by atoms with Crippen LogP contribution in [0.25, 0.3) is 22.6 Å². The second kappa shape index (κ2) is 3.38. The largest absolute Gasteiger partial charge is 0.337 e. The van der Waals surface area contributed by atoms with Gasteiger partial charge >= 0.3 is 0 Å². The number of rotatable bonds is 1. The number of benzene rings is 1. The van der Waals surface area contributed by atoms with Gasteiger partial charge in [-0.3, -0.25) is 0 Å². The lowest BCUT2D eigenvalue weighted by atomic mass is 10.1. The fraction of sp³-hybridized carbons (Fsp3) is 0.182. The molecule has 16 heavy (non-hydrogen) atoms. The summed E-state index contributed by atoms with van der Waals surface area (Å²) >= 11 is 1.33. The lowest BCUT2D eigenvalue weighted by molar-refractivity contribution is 1.13. The van der Waals surface area contributed by atoms with Gasteiger partial charge in [0.1, 0.15) is 5.69 Å². The van der Waals surface area contributed by atoms with E-state index < -0.39 is 0 Å². The van der Waals surface area contributed by atoms with E-state index in [1.165, 1.54) is 22.7 Å². The van der Waals surface area contributed by atoms with E-state index in [4.69, 9.17) is 0 Å². The highest BCUT2D eigenvalue weighted by molar-refractivity contribution is 7.03. The van der Waals surface area contributed by atoms with E-state index in [-0.39, 0.29) is 0 Å². The van der Waals surface area contributed by atoms with Gasteiger partial charge < -0.3 is 4.98 Å². The molecule has 0 unspecified atom stereocenters. The molecule has 3 rings (SSSR count). The van der Waals surface area contributed by atoms with E-state index in [0.717, 1.165) is 22.6 Å². The van der Waals surface area contributed by atoms with E-state index in [1.807, 2.05) is 5.38 Å². The Kier molecular flexibility index (Phi) is 2.00. The molecule has 0 atom stereocenters. The maximum Gasteiger partial charge on any atom is 0.160 e. The molecule has 1 aromatic carbocycles. The van der Waals surface area contributed by atoms with Crippen molar-refractivity contribution in [1.29, 1.82) is 0 Å². The third kappa shape index (κ3) is 1.40. The first-order chi connectivity index (χ1) is 7.74. The molecule has 0 aliphatic carbocycles. The summed E-state index contributed by atoms with van der Waals surface area (Å²) in [5.74, 6) is 0.789. The van der Waals surface area contributed by atoms with Crippen molar-refractivity contribution in [2.45, 2.75) is 13.8 Å². The zero-order valence-corrected chi connectivity index (χ0v) is 9.80. The van der Waals surface area contributed by atoms with Gasteiger partial charge in [0.15, 0.2) is 5.82 Å². The second-order valence-electron chi connectivity index (χ2n) is 3.85. The predicted molar refractivity (Wildman–Crippen MR) is 64.5 cm³/mol. The Balaban J connectivity index is 2.27. The van der Waals surface area contributed by atoms with Gasteiger partial charge in [0.25, 0.3) is 0 Å². The zero-order valence-electron chi connectivity index (χ0n) is 8.98. The second-order valence-corrected chi connectivity index (χ2v) is 4.46. The van der Waals surface area contributed by atoms with Crippen LogP contribution in [0.3, 0.4) is 0 Å². The summed E-state index contributed by atoms with van der Waals surface area (Å²) in [7, 11) is 0. The summed E-state index contributed by atoms with van der Waals surface area (Å²) in [6.07, 6.45) is 0. The molecule has 2 heterocycles. The minimum Gasteiger partial charge on any atom is -0.337 e. The molecule has 0 fully saturated rings. The highest BCUT2D eigenvalue weighted by Gasteiger charge is 2.09. The first-order valence-electron chi connectivity index (χ1n) is 4.98. The number of H-pyrrole nitrogens is 1. The van der Waals surface area contributed by atoms with E-state index in [1.54, 1.807) is 0 Å². The van der Waals surface area contributed by atoms with Crippen LogP contribution in [0.4, 0.5) is 0 Å². The Morgan fingerprint density at radius 2 is 2.12 bits per heavy atom. The smallest absolute Gasteiger partial charge is 0.160 e. The van der Waals surface area contributed by atoms with Crippen molar-refractivity contribution in [1.82, 2.24) is 19.6 Å². The summed E-state index contributed by atoms with van der Waals surface area (Å²) < 4.78 is 3.84. The molecule has 0 spiro atoms. The Morgan fingerprint density at radius 1 is 1.25 bits per heavy atom. The molecule has 3 aromatic rings. The highest BCUT2D eigenvalue weighted by atomic mass is 32.1. The van der Waals surface area contributed by atoms with Crippen molar-refractivity contribution in [2.75, 3.05) is 0 Å². The standard InChI is InChI=1S/C11H10N4S/c1-6-3-7(2)10-8(4-6)12-11(13-10)9-5-16-15-14-9/h3-5H,1-2H3,(H,12,13). The number of aromatic amines is 1. The van der Waals surface area contributed by atoms with Gasteiger partial charge in [-0.25, -0.2) is 4.98 Å². The van der Waals surface area contributed by atoms with Crippen LogP contribution in [0, 0.1) is 13.8 Å². The van der Waals surface area contributed by atoms with Crippen LogP contribution in [0.2, 0.25) is 0 Å². The molecule has 0 radical (unpaired) electrons. The topological polar surface area (TPSA) is 54.5 Å². The van der Waals surface area contributed by atoms with E-state index in [9.17, 15) is 0 Å². The summed E-state index contributed by atoms with van der Waals surface area (Å²) in [5, 5.41) is 5.90. The van der Waals surface area contributed by atoms with Crippen LogP contribution in [-0.2, 0) is 0 Å². The molecule has 0 saturated heterocycles. The average molecular weight is 230 g/mol. The number of imidazole rings is 1. The van der Waals surface area contributed by atoms with Gasteiger partial charge in [-0.05, 0) is 42.6 Å². The molecule has 0 saturated carbocycles. The maximum atomic E-state index is 4.54. The number of aromatic nitrogens is 4. The fourth-order valence-corrected chi connectivity index (χ4v) is 2.30. The van der Waals surface area contributed by atoms with Crippen LogP contribution in [0.15, 0.2) is 17.5 Å². The molecule has 4 nitrogen and oxygen atoms in total. The molecule has 0 aliphatic rings. The summed E-state index contributed by atoms with van der Waals surface area (Å²) in [6, 6.07) is 4.23. The summed E-state index contributed by atoms with van der Waals surface area (Å²) in [5.41, 5.74) is 5.28. The van der Waals surface area contributed by atoms with Gasteiger partial charge in [-0.15, -0.1) is 5.10 Å². The Hall–Kier alpha value is -1.75. The number of fused-ring (bicyclic) bond motifs is 1. The summed E-state index contributed by atoms with van der Waals surface area (Å²) in [6.45, 7) is 4.15. The van der Waals surface area contributed by atoms with Crippen molar-refractivity contribution >= 4 is 22.6 Å². The molecular weight excluding hydrogens is 220 g/mol. The molecule has 1 N–H and O–H groups in total. The van der Waals surface area contributed by atoms with Crippen LogP contribution in [0.5, 0.6) is 0 Å². The fourth-order valence-electron chi connectivity index (χ4n) is 1.86. The van der Waals surface area contributed by atoms with Gasteiger partial charge in [0.2, 0.25) is 0 Å². The highest BCUT2D eigenvalue weighted by Crippen LogP contribution is 2.22. The van der Waals surface area contributed by atoms with Crippen LogP contribution in [-0.4, -0.2) is 19.6 Å². The Bertz CT molecular complexity index is 639. The number of hydrogen-bond acceptors (Lipinski definition) is 4. The number of aryl methyl sites for hydroxylation is 2. The minimum absolute atomic E-state index is 0.789. The van der Waals surface area contributed by atoms with Crippen molar-refractivity contribution in [3.05, 3.63) is 28.6 Å². The zero-order chi connectivity index (χ0) is 11.1. The molecule has 5 heteroatoms. The van der Waals surface area contributed by atoms with Crippen LogP contribution >= 0.6 is 11.5 Å². The number of nitrogens with one attached hydrogen (secondary N) is 1. The quantitative estimate of drug-likeness (QED) is 0.699. The summed E-state index contributed by atoms with van der Waals surface area (Å²) in [4.78, 5) is 7.82. The predicted octanol–water partition coefficient (Wildman–Crippen LogP) is 2.70. The van der Waals surface area contributed by atoms with Gasteiger partial charge in [0, 0.05) is 5.38 Å². The van der Waals surface area contributed by atoms with Crippen LogP contribution < -0.4 is 0 Å². The van der Waals surface area contributed by atoms with Crippen molar-refractivity contribution < 1.29 is 0 Å². The van der Waals surface area contributed by atoms with Gasteiger partial charge in [0.05, 0.1) is 11.0 Å². The van der Waals surface area contributed by atoms with E-state index in [2.05, 4.69) is 45.5 Å². The molecule has 0 bridgehead atoms. The number of nitrogens with zero attached hydrogens (tertiary/aromatic N) is 3.